The first kappa shape index (κ1) is 20.3. The molecule has 0 spiro atoms. The van der Waals surface area contributed by atoms with Gasteiger partial charge in [-0.1, -0.05) is 6.07 Å². The Kier molecular flexibility index (Phi) is 6.69. The summed E-state index contributed by atoms with van der Waals surface area (Å²) in [4.78, 5) is 21.7. The number of alkyl halides is 3. The van der Waals surface area contributed by atoms with Gasteiger partial charge in [-0.05, 0) is 24.3 Å². The summed E-state index contributed by atoms with van der Waals surface area (Å²) < 4.78 is 43.7. The van der Waals surface area contributed by atoms with Crippen LogP contribution in [-0.2, 0) is 17.9 Å². The van der Waals surface area contributed by atoms with Gasteiger partial charge < -0.3 is 9.32 Å². The molecule has 0 N–H and O–H groups in total. The van der Waals surface area contributed by atoms with Gasteiger partial charge in [-0.3, -0.25) is 19.6 Å². The number of nitrogens with zero attached hydrogens (tertiary/aromatic N) is 4. The normalized spacial score (nSPS) is 16.2. The predicted molar refractivity (Wildman–Crippen MR) is 96.1 cm³/mol. The van der Waals surface area contributed by atoms with Crippen LogP contribution in [0.15, 0.2) is 47.2 Å². The number of aromatic nitrogens is 1. The molecule has 2 aromatic heterocycles. The van der Waals surface area contributed by atoms with Crippen molar-refractivity contribution in [3.63, 3.8) is 0 Å². The van der Waals surface area contributed by atoms with E-state index in [9.17, 15) is 18.0 Å². The van der Waals surface area contributed by atoms with Crippen LogP contribution in [-0.4, -0.2) is 71.0 Å². The van der Waals surface area contributed by atoms with E-state index in [1.54, 1.807) is 18.3 Å². The smallest absolute Gasteiger partial charge is 0.406 e. The van der Waals surface area contributed by atoms with Crippen LogP contribution in [0, 0.1) is 0 Å². The first-order chi connectivity index (χ1) is 13.4. The molecule has 9 heteroatoms. The van der Waals surface area contributed by atoms with Crippen molar-refractivity contribution in [2.24, 2.45) is 0 Å². The van der Waals surface area contributed by atoms with Crippen LogP contribution >= 0.6 is 0 Å². The van der Waals surface area contributed by atoms with E-state index in [0.29, 0.717) is 18.8 Å². The number of pyridine rings is 1. The highest BCUT2D eigenvalue weighted by atomic mass is 19.4. The summed E-state index contributed by atoms with van der Waals surface area (Å²) in [7, 11) is 0. The minimum Gasteiger partial charge on any atom is -0.467 e. The first-order valence-corrected chi connectivity index (χ1v) is 9.10. The van der Waals surface area contributed by atoms with Crippen molar-refractivity contribution in [2.75, 3.05) is 39.3 Å². The minimum absolute atomic E-state index is 0.0335. The molecule has 0 unspecified atom stereocenters. The number of furan rings is 1. The third-order valence-corrected chi connectivity index (χ3v) is 4.59. The lowest BCUT2D eigenvalue weighted by molar-refractivity contribution is -0.163. The summed E-state index contributed by atoms with van der Waals surface area (Å²) in [5, 5.41) is 0. The van der Waals surface area contributed by atoms with E-state index in [2.05, 4.69) is 9.88 Å². The summed E-state index contributed by atoms with van der Waals surface area (Å²) in [5.74, 6) is -0.218. The highest BCUT2D eigenvalue weighted by Crippen LogP contribution is 2.19. The molecule has 3 heterocycles. The summed E-state index contributed by atoms with van der Waals surface area (Å²) in [6.07, 6.45) is -1.32. The number of amides is 1. The van der Waals surface area contributed by atoms with Gasteiger partial charge in [0.25, 0.3) is 0 Å². The zero-order valence-corrected chi connectivity index (χ0v) is 15.4. The van der Waals surface area contributed by atoms with Gasteiger partial charge in [-0.15, -0.1) is 0 Å². The van der Waals surface area contributed by atoms with Gasteiger partial charge in [0.1, 0.15) is 12.3 Å². The minimum atomic E-state index is -4.45. The molecular weight excluding hydrogens is 373 g/mol. The molecular formula is C19H23F3N4O2. The molecule has 1 aliphatic heterocycles. The highest BCUT2D eigenvalue weighted by Gasteiger charge is 2.34. The van der Waals surface area contributed by atoms with E-state index < -0.39 is 18.6 Å². The van der Waals surface area contributed by atoms with Crippen molar-refractivity contribution < 1.29 is 22.4 Å². The third kappa shape index (κ3) is 6.35. The van der Waals surface area contributed by atoms with Gasteiger partial charge in [0, 0.05) is 38.9 Å². The van der Waals surface area contributed by atoms with E-state index in [1.165, 1.54) is 6.26 Å². The Morgan fingerprint density at radius 1 is 1.11 bits per heavy atom. The van der Waals surface area contributed by atoms with Crippen LogP contribution in [0.25, 0.3) is 0 Å². The molecule has 1 saturated heterocycles. The van der Waals surface area contributed by atoms with Crippen molar-refractivity contribution in [1.82, 2.24) is 19.7 Å². The fourth-order valence-corrected chi connectivity index (χ4v) is 3.16. The number of rotatable bonds is 7. The summed E-state index contributed by atoms with van der Waals surface area (Å²) in [6, 6.07) is 8.91. The predicted octanol–water partition coefficient (Wildman–Crippen LogP) is 2.38. The fourth-order valence-electron chi connectivity index (χ4n) is 3.16. The van der Waals surface area contributed by atoms with Gasteiger partial charge in [-0.25, -0.2) is 0 Å². The molecule has 1 fully saturated rings. The molecule has 1 aliphatic rings. The Morgan fingerprint density at radius 2 is 1.86 bits per heavy atom. The SMILES string of the molecule is O=C(CN1CCN(Cc2ccccn2)CC1)N(Cc1ccco1)CC(F)(F)F. The zero-order chi connectivity index (χ0) is 20.0. The lowest BCUT2D eigenvalue weighted by Crippen LogP contribution is -2.50. The van der Waals surface area contributed by atoms with Gasteiger partial charge in [0.05, 0.1) is 25.0 Å². The second kappa shape index (κ2) is 9.20. The van der Waals surface area contributed by atoms with Crippen LogP contribution in [0.2, 0.25) is 0 Å². The Bertz CT molecular complexity index is 729. The quantitative estimate of drug-likeness (QED) is 0.719. The average Bonchev–Trinajstić information content (AvgIpc) is 3.16. The first-order valence-electron chi connectivity index (χ1n) is 9.10. The zero-order valence-electron chi connectivity index (χ0n) is 15.4. The maximum atomic E-state index is 12.9. The van der Waals surface area contributed by atoms with E-state index in [1.807, 2.05) is 23.1 Å². The van der Waals surface area contributed by atoms with Crippen LogP contribution < -0.4 is 0 Å². The van der Waals surface area contributed by atoms with E-state index in [4.69, 9.17) is 4.42 Å². The molecule has 0 aromatic carbocycles. The monoisotopic (exact) mass is 396 g/mol. The fraction of sp³-hybridized carbons (Fsp3) is 0.474. The summed E-state index contributed by atoms with van der Waals surface area (Å²) >= 11 is 0. The average molecular weight is 396 g/mol. The lowest BCUT2D eigenvalue weighted by Gasteiger charge is -2.35. The maximum Gasteiger partial charge on any atom is 0.406 e. The molecule has 28 heavy (non-hydrogen) atoms. The van der Waals surface area contributed by atoms with Crippen molar-refractivity contribution in [3.8, 4) is 0 Å². The molecule has 1 amide bonds. The molecule has 6 nitrogen and oxygen atoms in total. The number of hydrogen-bond acceptors (Lipinski definition) is 5. The number of piperazine rings is 1. The largest absolute Gasteiger partial charge is 0.467 e. The summed E-state index contributed by atoms with van der Waals surface area (Å²) in [6.45, 7) is 1.94. The molecule has 0 saturated carbocycles. The van der Waals surface area contributed by atoms with Gasteiger partial charge in [0.2, 0.25) is 5.91 Å². The van der Waals surface area contributed by atoms with E-state index >= 15 is 0 Å². The van der Waals surface area contributed by atoms with Gasteiger partial charge in [-0.2, -0.15) is 13.2 Å². The highest BCUT2D eigenvalue weighted by molar-refractivity contribution is 5.78. The molecule has 0 aliphatic carbocycles. The number of carbonyl (C=O) groups excluding carboxylic acids is 1. The molecule has 3 rings (SSSR count). The molecule has 152 valence electrons. The summed E-state index contributed by atoms with van der Waals surface area (Å²) in [5.41, 5.74) is 0.974. The molecule has 0 radical (unpaired) electrons. The van der Waals surface area contributed by atoms with Crippen LogP contribution in [0.4, 0.5) is 13.2 Å². The topological polar surface area (TPSA) is 52.8 Å². The third-order valence-electron chi connectivity index (χ3n) is 4.59. The van der Waals surface area contributed by atoms with Crippen molar-refractivity contribution in [1.29, 1.82) is 0 Å². The standard InChI is InChI=1S/C19H23F3N4O2/c20-19(21,22)15-26(13-17-5-3-11-28-17)18(27)14-25-9-7-24(8-10-25)12-16-4-1-2-6-23-16/h1-6,11H,7-10,12-15H2. The van der Waals surface area contributed by atoms with Crippen LogP contribution in [0.1, 0.15) is 11.5 Å². The van der Waals surface area contributed by atoms with E-state index in [-0.39, 0.29) is 13.1 Å². The Morgan fingerprint density at radius 3 is 2.46 bits per heavy atom. The number of carbonyl (C=O) groups is 1. The molecule has 2 aromatic rings. The van der Waals surface area contributed by atoms with Gasteiger partial charge >= 0.3 is 6.18 Å². The van der Waals surface area contributed by atoms with Crippen LogP contribution in [0.5, 0.6) is 0 Å². The van der Waals surface area contributed by atoms with Crippen molar-refractivity contribution in [3.05, 3.63) is 54.2 Å². The van der Waals surface area contributed by atoms with E-state index in [0.717, 1.165) is 30.2 Å². The second-order valence-electron chi connectivity index (χ2n) is 6.82. The molecule has 0 bridgehead atoms. The number of hydrogen-bond donors (Lipinski definition) is 0. The second-order valence-corrected chi connectivity index (χ2v) is 6.82. The van der Waals surface area contributed by atoms with Gasteiger partial charge in [0.15, 0.2) is 0 Å². The van der Waals surface area contributed by atoms with Crippen molar-refractivity contribution in [2.45, 2.75) is 19.3 Å². The lowest BCUT2D eigenvalue weighted by atomic mass is 10.2. The Hall–Kier alpha value is -2.39. The maximum absolute atomic E-state index is 12.9. The Balaban J connectivity index is 1.51. The Labute approximate surface area is 161 Å². The van der Waals surface area contributed by atoms with Crippen LogP contribution in [0.3, 0.4) is 0 Å². The number of halogens is 3. The molecule has 0 atom stereocenters. The van der Waals surface area contributed by atoms with Crippen molar-refractivity contribution >= 4 is 5.91 Å².